The smallest absolute Gasteiger partial charge is 0.415 e. The van der Waals surface area contributed by atoms with E-state index in [2.05, 4.69) is 4.90 Å². The number of esters is 2. The van der Waals surface area contributed by atoms with Crippen LogP contribution in [-0.4, -0.2) is 87.5 Å². The van der Waals surface area contributed by atoms with E-state index in [4.69, 9.17) is 23.7 Å². The van der Waals surface area contributed by atoms with E-state index in [9.17, 15) is 14.4 Å². The highest BCUT2D eigenvalue weighted by Crippen LogP contribution is 2.43. The van der Waals surface area contributed by atoms with Gasteiger partial charge in [0, 0.05) is 50.3 Å². The van der Waals surface area contributed by atoms with Crippen molar-refractivity contribution in [2.24, 2.45) is 0 Å². The highest BCUT2D eigenvalue weighted by Gasteiger charge is 2.34. The molecule has 0 aliphatic carbocycles. The fourth-order valence-electron chi connectivity index (χ4n) is 4.62. The van der Waals surface area contributed by atoms with Crippen LogP contribution in [-0.2, 0) is 32.0 Å². The molecule has 0 unspecified atom stereocenters. The Labute approximate surface area is 224 Å². The maximum atomic E-state index is 12.9. The number of hydrogen-bond donors (Lipinski definition) is 0. The molecule has 2 aliphatic heterocycles. The number of morpholine rings is 1. The third-order valence-corrected chi connectivity index (χ3v) is 6.99. The lowest BCUT2D eigenvalue weighted by Crippen LogP contribution is -2.38. The Morgan fingerprint density at radius 2 is 1.82 bits per heavy atom. The van der Waals surface area contributed by atoms with Crippen LogP contribution in [0.3, 0.4) is 0 Å². The summed E-state index contributed by atoms with van der Waals surface area (Å²) >= 11 is 0. The Morgan fingerprint density at radius 1 is 1.11 bits per heavy atom. The van der Waals surface area contributed by atoms with Gasteiger partial charge in [-0.25, -0.2) is 9.59 Å². The van der Waals surface area contributed by atoms with Crippen LogP contribution >= 0.6 is 0 Å². The molecule has 0 aromatic heterocycles. The predicted molar refractivity (Wildman–Crippen MR) is 141 cm³/mol. The minimum Gasteiger partial charge on any atom is -0.496 e. The summed E-state index contributed by atoms with van der Waals surface area (Å²) in [6.45, 7) is 12.8. The van der Waals surface area contributed by atoms with Crippen molar-refractivity contribution in [1.82, 2.24) is 9.80 Å². The number of nitrogens with zero attached hydrogens (tertiary/aromatic N) is 2. The molecule has 0 atom stereocenters. The summed E-state index contributed by atoms with van der Waals surface area (Å²) in [5.41, 5.74) is 3.28. The minimum absolute atomic E-state index is 0.106. The van der Waals surface area contributed by atoms with E-state index in [0.717, 1.165) is 24.2 Å². The second-order valence-electron chi connectivity index (χ2n) is 9.36. The Bertz CT molecular complexity index is 1040. The van der Waals surface area contributed by atoms with Gasteiger partial charge in [-0.05, 0) is 46.1 Å². The van der Waals surface area contributed by atoms with Gasteiger partial charge in [-0.3, -0.25) is 9.69 Å². The van der Waals surface area contributed by atoms with E-state index in [-0.39, 0.29) is 30.3 Å². The fourth-order valence-corrected chi connectivity index (χ4v) is 4.62. The highest BCUT2D eigenvalue weighted by atomic mass is 16.6. The van der Waals surface area contributed by atoms with E-state index in [0.29, 0.717) is 69.2 Å². The van der Waals surface area contributed by atoms with Crippen LogP contribution < -0.4 is 9.47 Å². The zero-order valence-corrected chi connectivity index (χ0v) is 23.2. The van der Waals surface area contributed by atoms with Gasteiger partial charge in [-0.15, -0.1) is 0 Å². The second kappa shape index (κ2) is 14.2. The number of cyclic esters (lactones) is 1. The van der Waals surface area contributed by atoms with Crippen LogP contribution in [0.5, 0.6) is 11.5 Å². The van der Waals surface area contributed by atoms with E-state index in [1.165, 1.54) is 4.90 Å². The molecule has 0 spiro atoms. The molecule has 1 amide bonds. The van der Waals surface area contributed by atoms with Crippen LogP contribution in [0.4, 0.5) is 4.79 Å². The van der Waals surface area contributed by atoms with Crippen molar-refractivity contribution in [2.75, 3.05) is 59.7 Å². The molecular weight excluding hydrogens is 492 g/mol. The molecule has 10 heteroatoms. The molecule has 38 heavy (non-hydrogen) atoms. The number of benzene rings is 1. The molecular formula is C28H40N2O8. The van der Waals surface area contributed by atoms with Gasteiger partial charge in [0.05, 0.1) is 20.3 Å². The Morgan fingerprint density at radius 3 is 2.47 bits per heavy atom. The van der Waals surface area contributed by atoms with Crippen LogP contribution in [0.15, 0.2) is 11.6 Å². The molecule has 2 aliphatic rings. The molecule has 1 aromatic rings. The number of methoxy groups -OCH3 is 1. The standard InChI is InChI=1S/C28H40N2O8/c1-6-30(7-2)28(33)38-26-21(25(34-5)20(4)22-18-37-27(32)24(22)26)10-8-19(3)9-11-23(31)36-17-14-29-12-15-35-16-13-29/h8H,6-7,9-18H2,1-5H3. The second-order valence-corrected chi connectivity index (χ2v) is 9.36. The van der Waals surface area contributed by atoms with E-state index >= 15 is 0 Å². The van der Waals surface area contributed by atoms with Crippen molar-refractivity contribution in [2.45, 2.75) is 53.6 Å². The molecule has 0 N–H and O–H groups in total. The van der Waals surface area contributed by atoms with Gasteiger partial charge in [0.1, 0.15) is 24.5 Å². The summed E-state index contributed by atoms with van der Waals surface area (Å²) in [6, 6.07) is 0. The predicted octanol–water partition coefficient (Wildman–Crippen LogP) is 3.66. The fraction of sp³-hybridized carbons (Fsp3) is 0.607. The third-order valence-electron chi connectivity index (χ3n) is 6.99. The van der Waals surface area contributed by atoms with Gasteiger partial charge in [0.15, 0.2) is 5.75 Å². The number of carbonyl (C=O) groups is 3. The number of allylic oxidation sites excluding steroid dienone is 2. The Kier molecular flexibility index (Phi) is 11.0. The van der Waals surface area contributed by atoms with Gasteiger partial charge >= 0.3 is 18.0 Å². The zero-order chi connectivity index (χ0) is 27.7. The zero-order valence-electron chi connectivity index (χ0n) is 23.2. The molecule has 0 saturated carbocycles. The largest absolute Gasteiger partial charge is 0.496 e. The summed E-state index contributed by atoms with van der Waals surface area (Å²) in [6.07, 6.45) is 2.56. The summed E-state index contributed by atoms with van der Waals surface area (Å²) in [4.78, 5) is 41.5. The molecule has 10 nitrogen and oxygen atoms in total. The van der Waals surface area contributed by atoms with Crippen molar-refractivity contribution < 1.29 is 38.1 Å². The molecule has 210 valence electrons. The van der Waals surface area contributed by atoms with Gasteiger partial charge in [-0.1, -0.05) is 11.6 Å². The number of carbonyl (C=O) groups excluding carboxylic acids is 3. The van der Waals surface area contributed by atoms with E-state index < -0.39 is 12.1 Å². The molecule has 2 heterocycles. The summed E-state index contributed by atoms with van der Waals surface area (Å²) in [7, 11) is 1.55. The molecule has 3 rings (SSSR count). The lowest BCUT2D eigenvalue weighted by Gasteiger charge is -2.26. The lowest BCUT2D eigenvalue weighted by atomic mass is 9.94. The van der Waals surface area contributed by atoms with Crippen molar-refractivity contribution in [3.63, 3.8) is 0 Å². The van der Waals surface area contributed by atoms with Crippen molar-refractivity contribution in [3.8, 4) is 11.5 Å². The maximum Gasteiger partial charge on any atom is 0.415 e. The van der Waals surface area contributed by atoms with E-state index in [1.807, 2.05) is 33.8 Å². The minimum atomic E-state index is -0.537. The van der Waals surface area contributed by atoms with Crippen LogP contribution in [0, 0.1) is 6.92 Å². The molecule has 1 fully saturated rings. The number of fused-ring (bicyclic) bond motifs is 1. The number of amides is 1. The van der Waals surface area contributed by atoms with E-state index in [1.54, 1.807) is 7.11 Å². The van der Waals surface area contributed by atoms with Crippen LogP contribution in [0.25, 0.3) is 0 Å². The molecule has 1 aromatic carbocycles. The highest BCUT2D eigenvalue weighted by molar-refractivity contribution is 5.99. The maximum absolute atomic E-state index is 12.9. The lowest BCUT2D eigenvalue weighted by molar-refractivity contribution is -0.144. The van der Waals surface area contributed by atoms with Gasteiger partial charge < -0.3 is 28.6 Å². The van der Waals surface area contributed by atoms with Gasteiger partial charge in [0.2, 0.25) is 0 Å². The topological polar surface area (TPSA) is 104 Å². The van der Waals surface area contributed by atoms with Crippen molar-refractivity contribution in [3.05, 3.63) is 33.9 Å². The number of hydrogen-bond acceptors (Lipinski definition) is 9. The quantitative estimate of drug-likeness (QED) is 0.295. The SMILES string of the molecule is CCN(CC)C(=O)Oc1c(CC=C(C)CCC(=O)OCCN2CCOCC2)c(OC)c(C)c2c1C(=O)OC2. The number of ether oxygens (including phenoxy) is 5. The molecule has 0 radical (unpaired) electrons. The first-order chi connectivity index (χ1) is 18.3. The molecule has 0 bridgehead atoms. The first kappa shape index (κ1) is 29.4. The Balaban J connectivity index is 1.71. The average molecular weight is 533 g/mol. The normalized spacial score (nSPS) is 15.6. The first-order valence-electron chi connectivity index (χ1n) is 13.3. The summed E-state index contributed by atoms with van der Waals surface area (Å²) in [5, 5.41) is 0. The average Bonchev–Trinajstić information content (AvgIpc) is 3.31. The summed E-state index contributed by atoms with van der Waals surface area (Å²) in [5.74, 6) is -0.0344. The Hall–Kier alpha value is -3.11. The van der Waals surface area contributed by atoms with Gasteiger partial charge in [-0.2, -0.15) is 0 Å². The third kappa shape index (κ3) is 7.26. The van der Waals surface area contributed by atoms with Crippen LogP contribution in [0.2, 0.25) is 0 Å². The van der Waals surface area contributed by atoms with Crippen molar-refractivity contribution >= 4 is 18.0 Å². The number of rotatable bonds is 12. The monoisotopic (exact) mass is 532 g/mol. The first-order valence-corrected chi connectivity index (χ1v) is 13.3. The molecule has 1 saturated heterocycles. The van der Waals surface area contributed by atoms with Gasteiger partial charge in [0.25, 0.3) is 0 Å². The summed E-state index contributed by atoms with van der Waals surface area (Å²) < 4.78 is 27.5. The van der Waals surface area contributed by atoms with Crippen molar-refractivity contribution in [1.29, 1.82) is 0 Å². The van der Waals surface area contributed by atoms with Crippen LogP contribution in [0.1, 0.15) is 60.7 Å².